The van der Waals surface area contributed by atoms with Crippen molar-refractivity contribution in [2.75, 3.05) is 4.90 Å². The molecule has 3 nitrogen and oxygen atoms in total. The van der Waals surface area contributed by atoms with Gasteiger partial charge in [-0.25, -0.2) is 9.97 Å². The summed E-state index contributed by atoms with van der Waals surface area (Å²) in [7, 11) is 0. The van der Waals surface area contributed by atoms with Crippen LogP contribution in [-0.2, 0) is 0 Å². The van der Waals surface area contributed by atoms with Gasteiger partial charge in [0.05, 0.1) is 0 Å². The van der Waals surface area contributed by atoms with Gasteiger partial charge in [0, 0.05) is 24.5 Å². The standard InChI is InChI=1S/C13H17N3/c1-9-5-11-3-4-12(6-9)16(11)13-14-7-10(2)8-15-13/h7-8,11-12H,1,3-6H2,2H3. The number of piperidine rings is 1. The molecule has 16 heavy (non-hydrogen) atoms. The summed E-state index contributed by atoms with van der Waals surface area (Å²) in [4.78, 5) is 11.3. The molecule has 2 saturated heterocycles. The third-order valence-corrected chi connectivity index (χ3v) is 3.67. The van der Waals surface area contributed by atoms with E-state index in [4.69, 9.17) is 0 Å². The minimum atomic E-state index is 0.592. The van der Waals surface area contributed by atoms with Crippen LogP contribution in [0.15, 0.2) is 24.5 Å². The van der Waals surface area contributed by atoms with Gasteiger partial charge in [-0.15, -0.1) is 0 Å². The van der Waals surface area contributed by atoms with Gasteiger partial charge in [0.25, 0.3) is 0 Å². The zero-order valence-electron chi connectivity index (χ0n) is 9.69. The molecule has 0 radical (unpaired) electrons. The lowest BCUT2D eigenvalue weighted by molar-refractivity contribution is 0.539. The van der Waals surface area contributed by atoms with Crippen molar-refractivity contribution < 1.29 is 0 Å². The van der Waals surface area contributed by atoms with Crippen LogP contribution in [0.4, 0.5) is 5.95 Å². The lowest BCUT2D eigenvalue weighted by Gasteiger charge is -2.35. The summed E-state index contributed by atoms with van der Waals surface area (Å²) in [5.41, 5.74) is 2.52. The highest BCUT2D eigenvalue weighted by atomic mass is 15.3. The zero-order valence-corrected chi connectivity index (χ0v) is 9.69. The van der Waals surface area contributed by atoms with Gasteiger partial charge >= 0.3 is 0 Å². The maximum absolute atomic E-state index is 4.45. The molecular formula is C13H17N3. The number of anilines is 1. The fraction of sp³-hybridized carbons (Fsp3) is 0.538. The van der Waals surface area contributed by atoms with Gasteiger partial charge in [-0.2, -0.15) is 0 Å². The minimum Gasteiger partial charge on any atom is -0.334 e. The lowest BCUT2D eigenvalue weighted by Crippen LogP contribution is -2.41. The Morgan fingerprint density at radius 2 is 1.75 bits per heavy atom. The van der Waals surface area contributed by atoms with Crippen molar-refractivity contribution in [3.63, 3.8) is 0 Å². The maximum Gasteiger partial charge on any atom is 0.225 e. The second kappa shape index (κ2) is 3.58. The van der Waals surface area contributed by atoms with E-state index in [9.17, 15) is 0 Å². The second-order valence-corrected chi connectivity index (χ2v) is 5.01. The smallest absolute Gasteiger partial charge is 0.225 e. The SMILES string of the molecule is C=C1CC2CCC(C1)N2c1ncc(C)cn1. The van der Waals surface area contributed by atoms with E-state index >= 15 is 0 Å². The van der Waals surface area contributed by atoms with E-state index < -0.39 is 0 Å². The number of fused-ring (bicyclic) bond motifs is 2. The van der Waals surface area contributed by atoms with E-state index in [-0.39, 0.29) is 0 Å². The van der Waals surface area contributed by atoms with Gasteiger partial charge in [0.15, 0.2) is 0 Å². The van der Waals surface area contributed by atoms with Crippen LogP contribution in [0, 0.1) is 6.92 Å². The maximum atomic E-state index is 4.45. The molecule has 0 spiro atoms. The first-order valence-corrected chi connectivity index (χ1v) is 5.97. The van der Waals surface area contributed by atoms with E-state index in [2.05, 4.69) is 21.4 Å². The van der Waals surface area contributed by atoms with Crippen LogP contribution in [0.25, 0.3) is 0 Å². The third-order valence-electron chi connectivity index (χ3n) is 3.67. The Balaban J connectivity index is 1.90. The van der Waals surface area contributed by atoms with Crippen LogP contribution >= 0.6 is 0 Å². The van der Waals surface area contributed by atoms with Crippen molar-refractivity contribution >= 4 is 5.95 Å². The Morgan fingerprint density at radius 3 is 2.31 bits per heavy atom. The number of rotatable bonds is 1. The fourth-order valence-electron chi connectivity index (χ4n) is 2.96. The van der Waals surface area contributed by atoms with Crippen molar-refractivity contribution in [3.05, 3.63) is 30.1 Å². The number of aryl methyl sites for hydroxylation is 1. The lowest BCUT2D eigenvalue weighted by atomic mass is 9.99. The molecule has 1 aromatic rings. The van der Waals surface area contributed by atoms with Crippen molar-refractivity contribution in [3.8, 4) is 0 Å². The summed E-state index contributed by atoms with van der Waals surface area (Å²) >= 11 is 0. The van der Waals surface area contributed by atoms with Gasteiger partial charge in [-0.05, 0) is 38.2 Å². The van der Waals surface area contributed by atoms with E-state index in [0.29, 0.717) is 12.1 Å². The topological polar surface area (TPSA) is 29.0 Å². The highest BCUT2D eigenvalue weighted by molar-refractivity contribution is 5.39. The van der Waals surface area contributed by atoms with Crippen LogP contribution in [0.2, 0.25) is 0 Å². The molecule has 1 aromatic heterocycles. The fourth-order valence-corrected chi connectivity index (χ4v) is 2.96. The second-order valence-electron chi connectivity index (χ2n) is 5.01. The number of hydrogen-bond donors (Lipinski definition) is 0. The molecule has 0 aromatic carbocycles. The summed E-state index contributed by atoms with van der Waals surface area (Å²) in [6.07, 6.45) is 8.58. The summed E-state index contributed by atoms with van der Waals surface area (Å²) < 4.78 is 0. The predicted octanol–water partition coefficient (Wildman–Crippen LogP) is 2.47. The molecule has 2 bridgehead atoms. The monoisotopic (exact) mass is 215 g/mol. The largest absolute Gasteiger partial charge is 0.334 e. The molecule has 2 atom stereocenters. The predicted molar refractivity (Wildman–Crippen MR) is 64.4 cm³/mol. The molecule has 0 N–H and O–H groups in total. The quantitative estimate of drug-likeness (QED) is 0.674. The van der Waals surface area contributed by atoms with Crippen LogP contribution < -0.4 is 4.90 Å². The molecule has 84 valence electrons. The minimum absolute atomic E-state index is 0.592. The van der Waals surface area contributed by atoms with Crippen LogP contribution in [0.5, 0.6) is 0 Å². The highest BCUT2D eigenvalue weighted by Crippen LogP contribution is 2.39. The van der Waals surface area contributed by atoms with E-state index in [0.717, 1.165) is 24.4 Å². The van der Waals surface area contributed by atoms with Gasteiger partial charge in [-0.1, -0.05) is 12.2 Å². The van der Waals surface area contributed by atoms with E-state index in [1.165, 1.54) is 18.4 Å². The number of aromatic nitrogens is 2. The molecule has 0 saturated carbocycles. The van der Waals surface area contributed by atoms with Crippen molar-refractivity contribution in [1.82, 2.24) is 9.97 Å². The molecule has 2 aliphatic rings. The Morgan fingerprint density at radius 1 is 1.19 bits per heavy atom. The summed E-state index contributed by atoms with van der Waals surface area (Å²) in [5, 5.41) is 0. The Kier molecular flexibility index (Phi) is 2.20. The average Bonchev–Trinajstić information content (AvgIpc) is 2.54. The zero-order chi connectivity index (χ0) is 11.1. The Bertz CT molecular complexity index is 394. The van der Waals surface area contributed by atoms with Gasteiger partial charge in [0.1, 0.15) is 0 Å². The molecule has 3 rings (SSSR count). The number of hydrogen-bond acceptors (Lipinski definition) is 3. The molecule has 2 aliphatic heterocycles. The molecule has 0 amide bonds. The molecule has 2 unspecified atom stereocenters. The normalized spacial score (nSPS) is 28.6. The molecule has 0 aliphatic carbocycles. The van der Waals surface area contributed by atoms with Crippen molar-refractivity contribution in [1.29, 1.82) is 0 Å². The Hall–Kier alpha value is -1.38. The summed E-state index contributed by atoms with van der Waals surface area (Å²) in [5.74, 6) is 0.908. The molecule has 3 heteroatoms. The third kappa shape index (κ3) is 1.51. The van der Waals surface area contributed by atoms with Crippen LogP contribution in [0.3, 0.4) is 0 Å². The molecule has 3 heterocycles. The summed E-state index contributed by atoms with van der Waals surface area (Å²) in [6.45, 7) is 6.15. The Labute approximate surface area is 96.2 Å². The first-order valence-electron chi connectivity index (χ1n) is 5.97. The first kappa shape index (κ1) is 9.82. The van der Waals surface area contributed by atoms with E-state index in [1.807, 2.05) is 19.3 Å². The molecule has 2 fully saturated rings. The van der Waals surface area contributed by atoms with Gasteiger partial charge < -0.3 is 4.90 Å². The van der Waals surface area contributed by atoms with E-state index in [1.54, 1.807) is 0 Å². The molecular weight excluding hydrogens is 198 g/mol. The number of nitrogens with zero attached hydrogens (tertiary/aromatic N) is 3. The summed E-state index contributed by atoms with van der Waals surface area (Å²) in [6, 6.07) is 1.18. The highest BCUT2D eigenvalue weighted by Gasteiger charge is 2.39. The van der Waals surface area contributed by atoms with Crippen molar-refractivity contribution in [2.24, 2.45) is 0 Å². The van der Waals surface area contributed by atoms with Crippen LogP contribution in [0.1, 0.15) is 31.2 Å². The van der Waals surface area contributed by atoms with Crippen LogP contribution in [-0.4, -0.2) is 22.1 Å². The van der Waals surface area contributed by atoms with Crippen molar-refractivity contribution in [2.45, 2.75) is 44.7 Å². The average molecular weight is 215 g/mol. The van der Waals surface area contributed by atoms with Gasteiger partial charge in [0.2, 0.25) is 5.95 Å². The van der Waals surface area contributed by atoms with Gasteiger partial charge in [-0.3, -0.25) is 0 Å². The first-order chi connectivity index (χ1) is 7.74.